The number of aromatic amines is 1. The molecule has 33 heavy (non-hydrogen) atoms. The largest absolute Gasteiger partial charge is 0.495 e. The van der Waals surface area contributed by atoms with E-state index in [9.17, 15) is 13.2 Å². The second-order valence-electron chi connectivity index (χ2n) is 6.82. The van der Waals surface area contributed by atoms with Gasteiger partial charge in [0.05, 0.1) is 7.11 Å². The molecule has 0 radical (unpaired) electrons. The van der Waals surface area contributed by atoms with Crippen LogP contribution in [0.15, 0.2) is 77.7 Å². The number of hydrogen-bond donors (Lipinski definition) is 3. The third-order valence-corrected chi connectivity index (χ3v) is 6.21. The van der Waals surface area contributed by atoms with Gasteiger partial charge in [-0.1, -0.05) is 41.9 Å². The van der Waals surface area contributed by atoms with Gasteiger partial charge in [-0.05, 0) is 42.5 Å². The predicted octanol–water partition coefficient (Wildman–Crippen LogP) is 4.19. The number of benzene rings is 3. The average Bonchev–Trinajstić information content (AvgIpc) is 3.32. The second-order valence-corrected chi connectivity index (χ2v) is 8.91. The number of amides is 1. The fourth-order valence-electron chi connectivity index (χ4n) is 2.97. The molecule has 0 unspecified atom stereocenters. The van der Waals surface area contributed by atoms with E-state index in [0.717, 1.165) is 5.56 Å². The molecule has 1 amide bonds. The second kappa shape index (κ2) is 9.31. The third kappa shape index (κ3) is 5.13. The van der Waals surface area contributed by atoms with Gasteiger partial charge in [-0.3, -0.25) is 9.52 Å². The molecule has 0 saturated carbocycles. The van der Waals surface area contributed by atoms with E-state index in [4.69, 9.17) is 16.3 Å². The molecule has 0 spiro atoms. The Labute approximate surface area is 194 Å². The lowest BCUT2D eigenvalue weighted by atomic mass is 10.2. The number of carbonyl (C=O) groups is 1. The Morgan fingerprint density at radius 2 is 1.67 bits per heavy atom. The molecule has 0 atom stereocenters. The number of methoxy groups -OCH3 is 1. The SMILES string of the molecule is COc1ccc(NC(=O)c2nnc(-c3ccccc3)[nH]2)cc1S(=O)(=O)Nc1ccc(Cl)cc1. The van der Waals surface area contributed by atoms with Gasteiger partial charge in [0.15, 0.2) is 5.82 Å². The van der Waals surface area contributed by atoms with Crippen LogP contribution in [-0.4, -0.2) is 36.6 Å². The molecule has 4 rings (SSSR count). The van der Waals surface area contributed by atoms with Crippen molar-refractivity contribution in [1.29, 1.82) is 0 Å². The minimum Gasteiger partial charge on any atom is -0.495 e. The lowest BCUT2D eigenvalue weighted by Crippen LogP contribution is -2.16. The van der Waals surface area contributed by atoms with Crippen LogP contribution >= 0.6 is 11.6 Å². The van der Waals surface area contributed by atoms with E-state index < -0.39 is 15.9 Å². The Balaban J connectivity index is 1.57. The first-order valence-electron chi connectivity index (χ1n) is 9.61. The number of H-pyrrole nitrogens is 1. The van der Waals surface area contributed by atoms with Gasteiger partial charge in [0.2, 0.25) is 5.82 Å². The quantitative estimate of drug-likeness (QED) is 0.362. The molecule has 0 aliphatic heterocycles. The number of sulfonamides is 1. The van der Waals surface area contributed by atoms with E-state index in [2.05, 4.69) is 25.2 Å². The number of ether oxygens (including phenoxy) is 1. The van der Waals surface area contributed by atoms with E-state index >= 15 is 0 Å². The van der Waals surface area contributed by atoms with Gasteiger partial charge in [-0.25, -0.2) is 8.42 Å². The van der Waals surface area contributed by atoms with Crippen molar-refractivity contribution in [3.05, 3.63) is 83.6 Å². The summed E-state index contributed by atoms with van der Waals surface area (Å²) in [6.07, 6.45) is 0. The van der Waals surface area contributed by atoms with Crippen molar-refractivity contribution in [2.45, 2.75) is 4.90 Å². The predicted molar refractivity (Wildman–Crippen MR) is 125 cm³/mol. The topological polar surface area (TPSA) is 126 Å². The zero-order valence-electron chi connectivity index (χ0n) is 17.2. The fourth-order valence-corrected chi connectivity index (χ4v) is 4.35. The van der Waals surface area contributed by atoms with Crippen LogP contribution in [0.3, 0.4) is 0 Å². The van der Waals surface area contributed by atoms with Crippen molar-refractivity contribution in [2.24, 2.45) is 0 Å². The maximum atomic E-state index is 13.0. The summed E-state index contributed by atoms with van der Waals surface area (Å²) in [5, 5.41) is 11.0. The van der Waals surface area contributed by atoms with Gasteiger partial charge in [0.1, 0.15) is 10.6 Å². The molecule has 9 nitrogen and oxygen atoms in total. The van der Waals surface area contributed by atoms with Gasteiger partial charge in [-0.2, -0.15) is 0 Å². The van der Waals surface area contributed by atoms with Crippen molar-refractivity contribution in [2.75, 3.05) is 17.1 Å². The number of nitrogens with one attached hydrogen (secondary N) is 3. The van der Waals surface area contributed by atoms with Crippen LogP contribution in [-0.2, 0) is 10.0 Å². The third-order valence-electron chi connectivity index (χ3n) is 4.56. The van der Waals surface area contributed by atoms with Gasteiger partial charge < -0.3 is 15.0 Å². The summed E-state index contributed by atoms with van der Waals surface area (Å²) in [7, 11) is -2.67. The van der Waals surface area contributed by atoms with Crippen LogP contribution in [0.2, 0.25) is 5.02 Å². The van der Waals surface area contributed by atoms with Crippen molar-refractivity contribution in [3.8, 4) is 17.1 Å². The van der Waals surface area contributed by atoms with Crippen molar-refractivity contribution in [3.63, 3.8) is 0 Å². The van der Waals surface area contributed by atoms with Crippen molar-refractivity contribution >= 4 is 38.9 Å². The molecule has 11 heteroatoms. The molecule has 0 aliphatic carbocycles. The highest BCUT2D eigenvalue weighted by Gasteiger charge is 2.22. The zero-order valence-corrected chi connectivity index (χ0v) is 18.8. The Hall–Kier alpha value is -3.89. The number of aromatic nitrogens is 3. The minimum atomic E-state index is -4.03. The van der Waals surface area contributed by atoms with E-state index in [1.165, 1.54) is 37.4 Å². The molecular formula is C22H18ClN5O4S. The number of hydrogen-bond acceptors (Lipinski definition) is 6. The summed E-state index contributed by atoms with van der Waals surface area (Å²) in [4.78, 5) is 15.3. The molecule has 3 N–H and O–H groups in total. The highest BCUT2D eigenvalue weighted by atomic mass is 35.5. The molecule has 0 saturated heterocycles. The number of nitrogens with zero attached hydrogens (tertiary/aromatic N) is 2. The normalized spacial score (nSPS) is 11.1. The minimum absolute atomic E-state index is 0.0200. The maximum absolute atomic E-state index is 13.0. The Morgan fingerprint density at radius 1 is 0.970 bits per heavy atom. The number of carbonyl (C=O) groups excluding carboxylic acids is 1. The van der Waals surface area contributed by atoms with Gasteiger partial charge in [-0.15, -0.1) is 10.2 Å². The smallest absolute Gasteiger partial charge is 0.293 e. The molecule has 4 aromatic rings. The molecular weight excluding hydrogens is 466 g/mol. The van der Waals surface area contributed by atoms with Crippen molar-refractivity contribution < 1.29 is 17.9 Å². The van der Waals surface area contributed by atoms with E-state index in [-0.39, 0.29) is 22.2 Å². The van der Waals surface area contributed by atoms with Crippen LogP contribution in [0.1, 0.15) is 10.6 Å². The monoisotopic (exact) mass is 483 g/mol. The van der Waals surface area contributed by atoms with E-state index in [1.54, 1.807) is 12.1 Å². The van der Waals surface area contributed by atoms with E-state index in [1.807, 2.05) is 30.3 Å². The molecule has 168 valence electrons. The molecule has 3 aromatic carbocycles. The zero-order chi connectivity index (χ0) is 23.4. The Kier molecular flexibility index (Phi) is 6.29. The van der Waals surface area contributed by atoms with E-state index in [0.29, 0.717) is 16.5 Å². The molecule has 1 aromatic heterocycles. The van der Waals surface area contributed by atoms with Gasteiger partial charge in [0.25, 0.3) is 15.9 Å². The average molecular weight is 484 g/mol. The molecule has 1 heterocycles. The maximum Gasteiger partial charge on any atom is 0.293 e. The summed E-state index contributed by atoms with van der Waals surface area (Å²) in [5.41, 5.74) is 1.33. The number of rotatable bonds is 7. The van der Waals surface area contributed by atoms with Crippen LogP contribution in [0.5, 0.6) is 5.75 Å². The standard InChI is InChI=1S/C22H18ClN5O4S/c1-32-18-12-11-17(13-19(18)33(30,31)28-16-9-7-15(23)8-10-16)24-22(29)21-25-20(26-27-21)14-5-3-2-4-6-14/h2-13,28H,1H3,(H,24,29)(H,25,26,27). The molecule has 0 fully saturated rings. The lowest BCUT2D eigenvalue weighted by molar-refractivity contribution is 0.101. The Bertz CT molecular complexity index is 1390. The first-order valence-corrected chi connectivity index (χ1v) is 11.5. The first-order chi connectivity index (χ1) is 15.9. The number of halogens is 1. The summed E-state index contributed by atoms with van der Waals surface area (Å²) >= 11 is 5.85. The van der Waals surface area contributed by atoms with Crippen LogP contribution in [0.25, 0.3) is 11.4 Å². The number of anilines is 2. The summed E-state index contributed by atoms with van der Waals surface area (Å²) in [6, 6.07) is 19.7. The summed E-state index contributed by atoms with van der Waals surface area (Å²) < 4.78 is 33.6. The summed E-state index contributed by atoms with van der Waals surface area (Å²) in [5.74, 6) is -0.0522. The molecule has 0 aliphatic rings. The van der Waals surface area contributed by atoms with Crippen LogP contribution < -0.4 is 14.8 Å². The van der Waals surface area contributed by atoms with Crippen LogP contribution in [0.4, 0.5) is 11.4 Å². The van der Waals surface area contributed by atoms with Crippen LogP contribution in [0, 0.1) is 0 Å². The van der Waals surface area contributed by atoms with Gasteiger partial charge in [0, 0.05) is 22.0 Å². The highest BCUT2D eigenvalue weighted by Crippen LogP contribution is 2.29. The van der Waals surface area contributed by atoms with Gasteiger partial charge >= 0.3 is 0 Å². The summed E-state index contributed by atoms with van der Waals surface area (Å²) in [6.45, 7) is 0. The first kappa shape index (κ1) is 22.3. The Morgan fingerprint density at radius 3 is 2.36 bits per heavy atom. The highest BCUT2D eigenvalue weighted by molar-refractivity contribution is 7.92. The molecule has 0 bridgehead atoms. The fraction of sp³-hybridized carbons (Fsp3) is 0.0455. The van der Waals surface area contributed by atoms with Crippen molar-refractivity contribution in [1.82, 2.24) is 15.2 Å². The lowest BCUT2D eigenvalue weighted by Gasteiger charge is -2.13.